The summed E-state index contributed by atoms with van der Waals surface area (Å²) in [7, 11) is 1.32. The fourth-order valence-corrected chi connectivity index (χ4v) is 2.53. The minimum Gasteiger partial charge on any atom is -0.484 e. The Balaban J connectivity index is 1.85. The van der Waals surface area contributed by atoms with E-state index in [1.165, 1.54) is 24.1 Å². The van der Waals surface area contributed by atoms with Gasteiger partial charge in [-0.3, -0.25) is 9.59 Å². The van der Waals surface area contributed by atoms with Gasteiger partial charge in [-0.15, -0.1) is 0 Å². The van der Waals surface area contributed by atoms with Gasteiger partial charge in [-0.25, -0.2) is 0 Å². The van der Waals surface area contributed by atoms with E-state index in [2.05, 4.69) is 4.74 Å². The lowest BCUT2D eigenvalue weighted by molar-refractivity contribution is -0.149. The van der Waals surface area contributed by atoms with Gasteiger partial charge in [0, 0.05) is 13.1 Å². The van der Waals surface area contributed by atoms with Gasteiger partial charge in [-0.05, 0) is 31.0 Å². The van der Waals surface area contributed by atoms with Crippen molar-refractivity contribution < 1.29 is 32.2 Å². The van der Waals surface area contributed by atoms with Crippen molar-refractivity contribution in [2.45, 2.75) is 19.0 Å². The molecule has 1 fully saturated rings. The number of rotatable bonds is 4. The molecule has 132 valence electrons. The number of halogens is 3. The first-order chi connectivity index (χ1) is 11.3. The van der Waals surface area contributed by atoms with Crippen LogP contribution < -0.4 is 4.74 Å². The molecule has 0 bridgehead atoms. The first kappa shape index (κ1) is 18.1. The number of nitrogens with zero attached hydrogens (tertiary/aromatic N) is 1. The lowest BCUT2D eigenvalue weighted by atomic mass is 9.97. The molecule has 1 aliphatic rings. The van der Waals surface area contributed by atoms with Crippen molar-refractivity contribution in [1.29, 1.82) is 0 Å². The highest BCUT2D eigenvalue weighted by atomic mass is 19.4. The van der Waals surface area contributed by atoms with Crippen molar-refractivity contribution in [2.24, 2.45) is 5.92 Å². The summed E-state index contributed by atoms with van der Waals surface area (Å²) in [5.41, 5.74) is -0.827. The number of ether oxygens (including phenoxy) is 2. The van der Waals surface area contributed by atoms with Crippen LogP contribution in [0.2, 0.25) is 0 Å². The predicted molar refractivity (Wildman–Crippen MR) is 78.3 cm³/mol. The van der Waals surface area contributed by atoms with E-state index < -0.39 is 11.7 Å². The van der Waals surface area contributed by atoms with E-state index in [1.54, 1.807) is 0 Å². The summed E-state index contributed by atoms with van der Waals surface area (Å²) in [5, 5.41) is 0. The second-order valence-corrected chi connectivity index (χ2v) is 5.49. The number of carbonyl (C=O) groups is 2. The van der Waals surface area contributed by atoms with Crippen molar-refractivity contribution in [2.75, 3.05) is 26.8 Å². The largest absolute Gasteiger partial charge is 0.484 e. The molecular weight excluding hydrogens is 327 g/mol. The van der Waals surface area contributed by atoms with Crippen LogP contribution in [0, 0.1) is 5.92 Å². The van der Waals surface area contributed by atoms with Crippen molar-refractivity contribution in [3.8, 4) is 5.75 Å². The number of alkyl halides is 3. The molecule has 24 heavy (non-hydrogen) atoms. The molecule has 1 amide bonds. The van der Waals surface area contributed by atoms with Crippen LogP contribution in [0.1, 0.15) is 18.4 Å². The lowest BCUT2D eigenvalue weighted by Gasteiger charge is -2.30. The summed E-state index contributed by atoms with van der Waals surface area (Å²) in [6, 6.07) is 4.39. The van der Waals surface area contributed by atoms with E-state index >= 15 is 0 Å². The van der Waals surface area contributed by atoms with Crippen LogP contribution in [0.25, 0.3) is 0 Å². The molecule has 1 aliphatic heterocycles. The number of hydrogen-bond acceptors (Lipinski definition) is 4. The minimum atomic E-state index is -4.46. The standard InChI is InChI=1S/C16H18F3NO4/c1-23-15(22)11-5-7-20(8-6-11)14(21)10-24-13-4-2-3-12(9-13)16(17,18)19/h2-4,9,11H,5-8,10H2,1H3. The Labute approximate surface area is 137 Å². The Morgan fingerprint density at radius 1 is 1.25 bits per heavy atom. The monoisotopic (exact) mass is 345 g/mol. The van der Waals surface area contributed by atoms with E-state index in [0.29, 0.717) is 25.9 Å². The van der Waals surface area contributed by atoms with Crippen LogP contribution in [0.4, 0.5) is 13.2 Å². The minimum absolute atomic E-state index is 0.0115. The molecule has 8 heteroatoms. The van der Waals surface area contributed by atoms with E-state index in [-0.39, 0.29) is 30.2 Å². The highest BCUT2D eigenvalue weighted by Gasteiger charge is 2.31. The number of amides is 1. The Hall–Kier alpha value is -2.25. The van der Waals surface area contributed by atoms with Gasteiger partial charge in [-0.1, -0.05) is 6.07 Å². The zero-order valence-electron chi connectivity index (χ0n) is 13.1. The topological polar surface area (TPSA) is 55.8 Å². The smallest absolute Gasteiger partial charge is 0.416 e. The summed E-state index contributed by atoms with van der Waals surface area (Å²) in [5.74, 6) is -0.843. The fraction of sp³-hybridized carbons (Fsp3) is 0.500. The molecule has 1 aromatic rings. The first-order valence-corrected chi connectivity index (χ1v) is 7.47. The zero-order valence-corrected chi connectivity index (χ0v) is 13.1. The van der Waals surface area contributed by atoms with E-state index in [1.807, 2.05) is 0 Å². The second-order valence-electron chi connectivity index (χ2n) is 5.49. The molecule has 0 radical (unpaired) electrons. The quantitative estimate of drug-likeness (QED) is 0.787. The number of benzene rings is 1. The third-order valence-electron chi connectivity index (χ3n) is 3.91. The summed E-state index contributed by atoms with van der Waals surface area (Å²) >= 11 is 0. The van der Waals surface area contributed by atoms with Gasteiger partial charge in [0.25, 0.3) is 5.91 Å². The van der Waals surface area contributed by atoms with Gasteiger partial charge in [0.15, 0.2) is 6.61 Å². The number of methoxy groups -OCH3 is 1. The number of esters is 1. The van der Waals surface area contributed by atoms with Crippen molar-refractivity contribution in [1.82, 2.24) is 4.90 Å². The molecule has 0 atom stereocenters. The predicted octanol–water partition coefficient (Wildman–Crippen LogP) is 2.50. The van der Waals surface area contributed by atoms with Gasteiger partial charge in [0.1, 0.15) is 5.75 Å². The summed E-state index contributed by atoms with van der Waals surface area (Å²) in [6.45, 7) is 0.444. The van der Waals surface area contributed by atoms with Crippen LogP contribution in [0.15, 0.2) is 24.3 Å². The van der Waals surface area contributed by atoms with Gasteiger partial charge >= 0.3 is 12.1 Å². The van der Waals surface area contributed by atoms with E-state index in [4.69, 9.17) is 4.74 Å². The van der Waals surface area contributed by atoms with Crippen molar-refractivity contribution in [3.63, 3.8) is 0 Å². The highest BCUT2D eigenvalue weighted by molar-refractivity contribution is 5.78. The van der Waals surface area contributed by atoms with Gasteiger partial charge in [0.2, 0.25) is 0 Å². The maximum absolute atomic E-state index is 12.6. The summed E-state index contributed by atoms with van der Waals surface area (Å²) in [6.07, 6.45) is -3.46. The van der Waals surface area contributed by atoms with Crippen LogP contribution in [-0.4, -0.2) is 43.6 Å². The molecular formula is C16H18F3NO4. The van der Waals surface area contributed by atoms with Crippen LogP contribution in [-0.2, 0) is 20.5 Å². The lowest BCUT2D eigenvalue weighted by Crippen LogP contribution is -2.42. The number of hydrogen-bond donors (Lipinski definition) is 0. The summed E-state index contributed by atoms with van der Waals surface area (Å²) in [4.78, 5) is 25.0. The van der Waals surface area contributed by atoms with Gasteiger partial charge < -0.3 is 14.4 Å². The molecule has 0 spiro atoms. The Morgan fingerprint density at radius 3 is 2.50 bits per heavy atom. The molecule has 1 saturated heterocycles. The molecule has 2 rings (SSSR count). The SMILES string of the molecule is COC(=O)C1CCN(C(=O)COc2cccc(C(F)(F)F)c2)CC1. The highest BCUT2D eigenvalue weighted by Crippen LogP contribution is 2.31. The summed E-state index contributed by atoms with van der Waals surface area (Å²) < 4.78 is 47.7. The average Bonchev–Trinajstić information content (AvgIpc) is 2.58. The van der Waals surface area contributed by atoms with Gasteiger partial charge in [-0.2, -0.15) is 13.2 Å². The maximum atomic E-state index is 12.6. The van der Waals surface area contributed by atoms with Crippen LogP contribution in [0.3, 0.4) is 0 Å². The van der Waals surface area contributed by atoms with Crippen LogP contribution in [0.5, 0.6) is 5.75 Å². The zero-order chi connectivity index (χ0) is 17.7. The number of carbonyl (C=O) groups excluding carboxylic acids is 2. The van der Waals surface area contributed by atoms with E-state index in [9.17, 15) is 22.8 Å². The molecule has 1 aromatic carbocycles. The molecule has 0 aromatic heterocycles. The number of piperidine rings is 1. The first-order valence-electron chi connectivity index (χ1n) is 7.47. The molecule has 5 nitrogen and oxygen atoms in total. The molecule has 0 aliphatic carbocycles. The third-order valence-corrected chi connectivity index (χ3v) is 3.91. The Bertz CT molecular complexity index is 595. The van der Waals surface area contributed by atoms with E-state index in [0.717, 1.165) is 12.1 Å². The van der Waals surface area contributed by atoms with Crippen molar-refractivity contribution >= 4 is 11.9 Å². The van der Waals surface area contributed by atoms with Gasteiger partial charge in [0.05, 0.1) is 18.6 Å². The van der Waals surface area contributed by atoms with Crippen LogP contribution >= 0.6 is 0 Å². The average molecular weight is 345 g/mol. The molecule has 0 saturated carbocycles. The molecule has 1 heterocycles. The maximum Gasteiger partial charge on any atom is 0.416 e. The fourth-order valence-electron chi connectivity index (χ4n) is 2.53. The Morgan fingerprint density at radius 2 is 1.92 bits per heavy atom. The molecule has 0 N–H and O–H groups in total. The molecule has 0 unspecified atom stereocenters. The van der Waals surface area contributed by atoms with Crippen molar-refractivity contribution in [3.05, 3.63) is 29.8 Å². The normalized spacial score (nSPS) is 15.9. The third kappa shape index (κ3) is 4.62. The Kier molecular flexibility index (Phi) is 5.69. The number of likely N-dealkylation sites (tertiary alicyclic amines) is 1. The second kappa shape index (κ2) is 7.55.